The molecule has 0 aliphatic carbocycles. The standard InChI is InChI=1S/C6H8N2.C6H9NO/c1-3-8-5-4-7-6(8)2;1-2-7-5-3-4-6(7)8/h3-5H,1H2,2H3;2H,1,3-5H2/p+1. The molecule has 1 amide bonds. The molecule has 1 fully saturated rings. The van der Waals surface area contributed by atoms with Crippen LogP contribution in [0.2, 0.25) is 0 Å². The maximum absolute atomic E-state index is 10.7. The minimum absolute atomic E-state index is 0.208. The summed E-state index contributed by atoms with van der Waals surface area (Å²) >= 11 is 0. The number of carbonyl (C=O) groups is 1. The summed E-state index contributed by atoms with van der Waals surface area (Å²) in [6.45, 7) is 9.96. The fraction of sp³-hybridized carbons (Fsp3) is 0.333. The van der Waals surface area contributed by atoms with Gasteiger partial charge in [-0.1, -0.05) is 13.2 Å². The first-order valence-electron chi connectivity index (χ1n) is 5.28. The van der Waals surface area contributed by atoms with Crippen LogP contribution < -0.4 is 4.57 Å². The van der Waals surface area contributed by atoms with E-state index in [9.17, 15) is 4.79 Å². The molecule has 0 bridgehead atoms. The quantitative estimate of drug-likeness (QED) is 0.753. The number of H-pyrrole nitrogens is 1. The van der Waals surface area contributed by atoms with E-state index in [4.69, 9.17) is 0 Å². The number of aromatic nitrogens is 2. The van der Waals surface area contributed by atoms with Gasteiger partial charge in [0.25, 0.3) is 5.82 Å². The summed E-state index contributed by atoms with van der Waals surface area (Å²) < 4.78 is 1.92. The van der Waals surface area contributed by atoms with Gasteiger partial charge in [0.1, 0.15) is 12.4 Å². The number of hydrogen-bond donors (Lipinski definition) is 1. The van der Waals surface area contributed by atoms with Gasteiger partial charge >= 0.3 is 0 Å². The number of rotatable bonds is 2. The second-order valence-corrected chi connectivity index (χ2v) is 3.51. The van der Waals surface area contributed by atoms with Gasteiger partial charge in [-0.15, -0.1) is 0 Å². The summed E-state index contributed by atoms with van der Waals surface area (Å²) in [5.74, 6) is 1.31. The minimum atomic E-state index is 0.208. The van der Waals surface area contributed by atoms with Gasteiger partial charge in [-0.2, -0.15) is 0 Å². The summed E-state index contributed by atoms with van der Waals surface area (Å²) in [4.78, 5) is 15.3. The summed E-state index contributed by atoms with van der Waals surface area (Å²) in [6, 6.07) is 0. The molecule has 2 rings (SSSR count). The van der Waals surface area contributed by atoms with Gasteiger partial charge in [0.15, 0.2) is 0 Å². The van der Waals surface area contributed by atoms with Crippen molar-refractivity contribution in [2.75, 3.05) is 6.54 Å². The Balaban J connectivity index is 0.000000160. The number of nitrogens with zero attached hydrogens (tertiary/aromatic N) is 2. The molecule has 86 valence electrons. The van der Waals surface area contributed by atoms with Crippen LogP contribution in [0.3, 0.4) is 0 Å². The van der Waals surface area contributed by atoms with E-state index in [2.05, 4.69) is 18.1 Å². The van der Waals surface area contributed by atoms with E-state index >= 15 is 0 Å². The van der Waals surface area contributed by atoms with Crippen LogP contribution in [0, 0.1) is 6.92 Å². The number of aromatic amines is 1. The van der Waals surface area contributed by atoms with Gasteiger partial charge in [0, 0.05) is 19.9 Å². The van der Waals surface area contributed by atoms with Gasteiger partial charge in [-0.05, 0) is 12.6 Å². The Hall–Kier alpha value is -1.84. The highest BCUT2D eigenvalue weighted by Crippen LogP contribution is 2.08. The lowest BCUT2D eigenvalue weighted by atomic mass is 10.4. The Morgan fingerprint density at radius 1 is 1.56 bits per heavy atom. The number of nitrogens with one attached hydrogen (secondary N) is 1. The van der Waals surface area contributed by atoms with Crippen molar-refractivity contribution < 1.29 is 9.36 Å². The SMILES string of the molecule is C=CN1CCCC1=O.C=C[n+]1cc[nH]c1C. The van der Waals surface area contributed by atoms with Crippen molar-refractivity contribution in [3.63, 3.8) is 0 Å². The average molecular weight is 220 g/mol. The molecule has 0 unspecified atom stereocenters. The molecule has 1 aliphatic heterocycles. The minimum Gasteiger partial charge on any atom is -0.320 e. The molecular formula is C12H18N3O+. The fourth-order valence-corrected chi connectivity index (χ4v) is 1.48. The lowest BCUT2D eigenvalue weighted by Crippen LogP contribution is -2.25. The van der Waals surface area contributed by atoms with Crippen molar-refractivity contribution in [2.24, 2.45) is 0 Å². The van der Waals surface area contributed by atoms with Gasteiger partial charge in [-0.25, -0.2) is 9.55 Å². The Morgan fingerprint density at radius 3 is 2.56 bits per heavy atom. The first-order chi connectivity index (χ1) is 7.69. The van der Waals surface area contributed by atoms with Crippen LogP contribution in [0.4, 0.5) is 0 Å². The van der Waals surface area contributed by atoms with E-state index in [-0.39, 0.29) is 5.91 Å². The lowest BCUT2D eigenvalue weighted by Gasteiger charge is -2.05. The smallest absolute Gasteiger partial charge is 0.255 e. The van der Waals surface area contributed by atoms with Crippen LogP contribution in [0.1, 0.15) is 18.7 Å². The molecule has 4 nitrogen and oxygen atoms in total. The molecule has 0 atom stereocenters. The van der Waals surface area contributed by atoms with E-state index in [0.29, 0.717) is 6.42 Å². The third-order valence-electron chi connectivity index (χ3n) is 2.44. The van der Waals surface area contributed by atoms with Crippen LogP contribution in [0.25, 0.3) is 6.20 Å². The predicted molar refractivity (Wildman–Crippen MR) is 63.3 cm³/mol. The Morgan fingerprint density at radius 2 is 2.31 bits per heavy atom. The fourth-order valence-electron chi connectivity index (χ4n) is 1.48. The largest absolute Gasteiger partial charge is 0.320 e. The van der Waals surface area contributed by atoms with Crippen LogP contribution in [-0.4, -0.2) is 22.3 Å². The number of amides is 1. The van der Waals surface area contributed by atoms with E-state index in [0.717, 1.165) is 18.8 Å². The van der Waals surface area contributed by atoms with Gasteiger partial charge in [0.05, 0.1) is 6.20 Å². The highest BCUT2D eigenvalue weighted by atomic mass is 16.2. The molecule has 2 heterocycles. The van der Waals surface area contributed by atoms with Crippen molar-refractivity contribution in [3.8, 4) is 0 Å². The topological polar surface area (TPSA) is 40.0 Å². The second kappa shape index (κ2) is 5.90. The molecule has 1 saturated heterocycles. The first kappa shape index (κ1) is 12.2. The highest BCUT2D eigenvalue weighted by Gasteiger charge is 2.15. The molecule has 1 aromatic rings. The summed E-state index contributed by atoms with van der Waals surface area (Å²) in [5.41, 5.74) is 0. The number of likely N-dealkylation sites (tertiary alicyclic amines) is 1. The maximum Gasteiger partial charge on any atom is 0.255 e. The zero-order valence-electron chi connectivity index (χ0n) is 9.65. The molecule has 1 N–H and O–H groups in total. The van der Waals surface area contributed by atoms with Crippen LogP contribution in [-0.2, 0) is 4.79 Å². The summed E-state index contributed by atoms with van der Waals surface area (Å²) in [5, 5.41) is 0. The molecule has 0 radical (unpaired) electrons. The monoisotopic (exact) mass is 220 g/mol. The number of imidazole rings is 1. The average Bonchev–Trinajstić information content (AvgIpc) is 2.87. The second-order valence-electron chi connectivity index (χ2n) is 3.51. The maximum atomic E-state index is 10.7. The number of aryl methyl sites for hydroxylation is 1. The third-order valence-corrected chi connectivity index (χ3v) is 2.44. The van der Waals surface area contributed by atoms with Crippen molar-refractivity contribution in [1.82, 2.24) is 9.88 Å². The molecule has 1 aromatic heterocycles. The summed E-state index contributed by atoms with van der Waals surface area (Å²) in [7, 11) is 0. The van der Waals surface area contributed by atoms with Crippen LogP contribution in [0.15, 0.2) is 31.8 Å². The Bertz CT molecular complexity index is 381. The van der Waals surface area contributed by atoms with Crippen molar-refractivity contribution in [2.45, 2.75) is 19.8 Å². The first-order valence-corrected chi connectivity index (χ1v) is 5.28. The van der Waals surface area contributed by atoms with Crippen molar-refractivity contribution in [3.05, 3.63) is 37.6 Å². The molecule has 4 heteroatoms. The van der Waals surface area contributed by atoms with Gasteiger partial charge in [0.2, 0.25) is 5.91 Å². The molecule has 1 aliphatic rings. The number of carbonyl (C=O) groups excluding carboxylic acids is 1. The van der Waals surface area contributed by atoms with Crippen LogP contribution >= 0.6 is 0 Å². The Kier molecular flexibility index (Phi) is 4.51. The predicted octanol–water partition coefficient (Wildman–Crippen LogP) is 1.46. The normalized spacial score (nSPS) is 14.3. The molecule has 16 heavy (non-hydrogen) atoms. The number of hydrogen-bond acceptors (Lipinski definition) is 1. The van der Waals surface area contributed by atoms with Crippen LogP contribution in [0.5, 0.6) is 0 Å². The van der Waals surface area contributed by atoms with Gasteiger partial charge in [-0.3, -0.25) is 4.79 Å². The Labute approximate surface area is 95.9 Å². The zero-order chi connectivity index (χ0) is 12.0. The van der Waals surface area contributed by atoms with Crippen molar-refractivity contribution in [1.29, 1.82) is 0 Å². The molecule has 0 aromatic carbocycles. The molecular weight excluding hydrogens is 202 g/mol. The van der Waals surface area contributed by atoms with Crippen molar-refractivity contribution >= 4 is 12.1 Å². The van der Waals surface area contributed by atoms with E-state index in [1.54, 1.807) is 17.3 Å². The van der Waals surface area contributed by atoms with Gasteiger partial charge < -0.3 is 4.90 Å². The van der Waals surface area contributed by atoms with E-state index in [1.807, 2.05) is 23.9 Å². The molecule has 0 saturated carbocycles. The zero-order valence-corrected chi connectivity index (χ0v) is 9.65. The third kappa shape index (κ3) is 3.08. The summed E-state index contributed by atoms with van der Waals surface area (Å²) in [6.07, 6.45) is 8.83. The highest BCUT2D eigenvalue weighted by molar-refractivity contribution is 5.78. The molecule has 0 spiro atoms. The van der Waals surface area contributed by atoms with E-state index in [1.165, 1.54) is 0 Å². The lowest BCUT2D eigenvalue weighted by molar-refractivity contribution is -0.573. The van der Waals surface area contributed by atoms with E-state index < -0.39 is 0 Å².